The molecule has 2 N–H and O–H groups in total. The number of unbranched alkanes of at least 4 members (excludes halogenated alkanes) is 1. The van der Waals surface area contributed by atoms with Crippen molar-refractivity contribution in [2.24, 2.45) is 5.73 Å². The summed E-state index contributed by atoms with van der Waals surface area (Å²) >= 11 is 0. The Morgan fingerprint density at radius 2 is 1.95 bits per heavy atom. The van der Waals surface area contributed by atoms with Crippen molar-refractivity contribution in [3.8, 4) is 5.75 Å². The molecule has 0 radical (unpaired) electrons. The van der Waals surface area contributed by atoms with Crippen LogP contribution in [0.2, 0.25) is 0 Å². The number of ether oxygens (including phenoxy) is 1. The van der Waals surface area contributed by atoms with Crippen molar-refractivity contribution < 1.29 is 22.3 Å². The number of halogens is 5. The van der Waals surface area contributed by atoms with Gasteiger partial charge in [-0.2, -0.15) is 17.6 Å². The fourth-order valence-corrected chi connectivity index (χ4v) is 1.60. The Balaban J connectivity index is 0.00000361. The third kappa shape index (κ3) is 5.54. The van der Waals surface area contributed by atoms with Crippen LogP contribution in [-0.2, 0) is 0 Å². The molecule has 2 nitrogen and oxygen atoms in total. The number of benzene rings is 1. The molecule has 0 aromatic heterocycles. The van der Waals surface area contributed by atoms with Gasteiger partial charge in [-0.3, -0.25) is 0 Å². The van der Waals surface area contributed by atoms with Gasteiger partial charge in [0.2, 0.25) is 0 Å². The summed E-state index contributed by atoms with van der Waals surface area (Å²) in [6.07, 6.45) is -5.80. The summed E-state index contributed by atoms with van der Waals surface area (Å²) in [6, 6.07) is 5.28. The van der Waals surface area contributed by atoms with Crippen molar-refractivity contribution in [3.63, 3.8) is 0 Å². The van der Waals surface area contributed by atoms with Crippen LogP contribution in [-0.4, -0.2) is 12.5 Å². The van der Waals surface area contributed by atoms with E-state index in [1.165, 1.54) is 18.2 Å². The van der Waals surface area contributed by atoms with E-state index in [2.05, 4.69) is 4.74 Å². The van der Waals surface area contributed by atoms with Crippen LogP contribution in [0, 0.1) is 0 Å². The van der Waals surface area contributed by atoms with Gasteiger partial charge in [-0.05, 0) is 24.1 Å². The van der Waals surface area contributed by atoms with Crippen LogP contribution in [0.15, 0.2) is 24.3 Å². The second-order valence-electron chi connectivity index (χ2n) is 4.29. The summed E-state index contributed by atoms with van der Waals surface area (Å²) in [6.45, 7) is 2.01. The van der Waals surface area contributed by atoms with Crippen molar-refractivity contribution in [1.29, 1.82) is 0 Å². The first-order chi connectivity index (χ1) is 8.86. The minimum absolute atomic E-state index is 0. The maximum atomic E-state index is 12.8. The Morgan fingerprint density at radius 1 is 1.30 bits per heavy atom. The second-order valence-corrected chi connectivity index (χ2v) is 4.29. The smallest absolute Gasteiger partial charge is 0.428 e. The molecule has 0 fully saturated rings. The zero-order valence-corrected chi connectivity index (χ0v) is 11.8. The zero-order valence-electron chi connectivity index (χ0n) is 11.0. The van der Waals surface area contributed by atoms with Crippen molar-refractivity contribution in [1.82, 2.24) is 0 Å². The van der Waals surface area contributed by atoms with Crippen LogP contribution >= 0.6 is 12.4 Å². The molecule has 1 aromatic rings. The summed E-state index contributed by atoms with van der Waals surface area (Å²) in [5.41, 5.74) is 6.48. The molecule has 0 saturated heterocycles. The minimum atomic E-state index is -4.49. The van der Waals surface area contributed by atoms with E-state index in [1.54, 1.807) is 6.07 Å². The van der Waals surface area contributed by atoms with Gasteiger partial charge in [0.15, 0.2) is 0 Å². The van der Waals surface area contributed by atoms with Crippen molar-refractivity contribution in [2.45, 2.75) is 44.8 Å². The van der Waals surface area contributed by atoms with Gasteiger partial charge in [-0.15, -0.1) is 12.4 Å². The molecule has 0 spiro atoms. The van der Waals surface area contributed by atoms with E-state index < -0.39 is 12.5 Å². The average Bonchev–Trinajstić information content (AvgIpc) is 2.35. The molecule has 1 atom stereocenters. The molecule has 0 amide bonds. The van der Waals surface area contributed by atoms with E-state index in [1.807, 2.05) is 6.92 Å². The molecular weight excluding hydrogens is 298 g/mol. The third-order valence-electron chi connectivity index (χ3n) is 2.66. The van der Waals surface area contributed by atoms with E-state index in [-0.39, 0.29) is 24.2 Å². The summed E-state index contributed by atoms with van der Waals surface area (Å²) in [5.74, 6) is -0.310. The van der Waals surface area contributed by atoms with E-state index in [4.69, 9.17) is 5.73 Å². The maximum Gasteiger partial charge on any atom is 0.461 e. The first-order valence-corrected chi connectivity index (χ1v) is 6.07. The topological polar surface area (TPSA) is 35.2 Å². The molecule has 0 saturated carbocycles. The minimum Gasteiger partial charge on any atom is -0.428 e. The fourth-order valence-electron chi connectivity index (χ4n) is 1.60. The Morgan fingerprint density at radius 3 is 2.50 bits per heavy atom. The lowest BCUT2D eigenvalue weighted by Crippen LogP contribution is -2.33. The molecular formula is C13H18ClF4NO. The highest BCUT2D eigenvalue weighted by atomic mass is 35.5. The van der Waals surface area contributed by atoms with Gasteiger partial charge in [0.05, 0.1) is 0 Å². The molecule has 0 aliphatic heterocycles. The predicted molar refractivity (Wildman–Crippen MR) is 71.7 cm³/mol. The van der Waals surface area contributed by atoms with Crippen molar-refractivity contribution >= 4 is 12.4 Å². The summed E-state index contributed by atoms with van der Waals surface area (Å²) in [5, 5.41) is 0. The summed E-state index contributed by atoms with van der Waals surface area (Å²) < 4.78 is 53.6. The normalized spacial score (nSPS) is 12.9. The van der Waals surface area contributed by atoms with E-state index >= 15 is 0 Å². The summed E-state index contributed by atoms with van der Waals surface area (Å²) in [4.78, 5) is 0. The number of rotatable bonds is 7. The van der Waals surface area contributed by atoms with Gasteiger partial charge in [0.1, 0.15) is 5.75 Å². The Bertz CT molecular complexity index is 404. The first kappa shape index (κ1) is 19.0. The largest absolute Gasteiger partial charge is 0.461 e. The van der Waals surface area contributed by atoms with Gasteiger partial charge >= 0.3 is 12.5 Å². The SMILES string of the molecule is CCCC[C@@H](N)c1cccc(OC(F)(F)C(F)F)c1.Cl. The number of hydrogen-bond donors (Lipinski definition) is 1. The number of hydrogen-bond acceptors (Lipinski definition) is 2. The van der Waals surface area contributed by atoms with Crippen LogP contribution in [0.1, 0.15) is 37.8 Å². The Kier molecular flexibility index (Phi) is 7.90. The van der Waals surface area contributed by atoms with Crippen LogP contribution in [0.25, 0.3) is 0 Å². The predicted octanol–water partition coefficient (Wildman–Crippen LogP) is 4.54. The maximum absolute atomic E-state index is 12.8. The molecule has 0 unspecified atom stereocenters. The van der Waals surface area contributed by atoms with Crippen molar-refractivity contribution in [2.75, 3.05) is 0 Å². The standard InChI is InChI=1S/C13H17F4NO.ClH/c1-2-3-7-11(18)9-5-4-6-10(8-9)19-13(16,17)12(14)15;/h4-6,8,11-12H,2-3,7,18H2,1H3;1H/t11-;/m1./s1. The zero-order chi connectivity index (χ0) is 14.5. The monoisotopic (exact) mass is 315 g/mol. The molecule has 20 heavy (non-hydrogen) atoms. The van der Waals surface area contributed by atoms with Crippen LogP contribution < -0.4 is 10.5 Å². The summed E-state index contributed by atoms with van der Waals surface area (Å²) in [7, 11) is 0. The highest BCUT2D eigenvalue weighted by Gasteiger charge is 2.43. The van der Waals surface area contributed by atoms with E-state index in [0.29, 0.717) is 12.0 Å². The molecule has 1 aromatic carbocycles. The Labute approximate surface area is 121 Å². The quantitative estimate of drug-likeness (QED) is 0.750. The molecule has 0 heterocycles. The molecule has 1 rings (SSSR count). The van der Waals surface area contributed by atoms with Gasteiger partial charge in [-0.25, -0.2) is 0 Å². The van der Waals surface area contributed by atoms with Gasteiger partial charge in [0, 0.05) is 6.04 Å². The third-order valence-corrected chi connectivity index (χ3v) is 2.66. The van der Waals surface area contributed by atoms with Gasteiger partial charge in [-0.1, -0.05) is 31.9 Å². The lowest BCUT2D eigenvalue weighted by atomic mass is 10.0. The highest BCUT2D eigenvalue weighted by molar-refractivity contribution is 5.85. The molecule has 116 valence electrons. The van der Waals surface area contributed by atoms with Gasteiger partial charge in [0.25, 0.3) is 0 Å². The van der Waals surface area contributed by atoms with Crippen LogP contribution in [0.3, 0.4) is 0 Å². The van der Waals surface area contributed by atoms with Crippen LogP contribution in [0.4, 0.5) is 17.6 Å². The number of alkyl halides is 4. The fraction of sp³-hybridized carbons (Fsp3) is 0.538. The highest BCUT2D eigenvalue weighted by Crippen LogP contribution is 2.29. The first-order valence-electron chi connectivity index (χ1n) is 6.07. The average molecular weight is 316 g/mol. The lowest BCUT2D eigenvalue weighted by Gasteiger charge is -2.18. The molecule has 0 bridgehead atoms. The molecule has 0 aliphatic rings. The van der Waals surface area contributed by atoms with E-state index in [9.17, 15) is 17.6 Å². The Hall–Kier alpha value is -1.01. The second kappa shape index (κ2) is 8.32. The van der Waals surface area contributed by atoms with Gasteiger partial charge < -0.3 is 10.5 Å². The van der Waals surface area contributed by atoms with Crippen molar-refractivity contribution in [3.05, 3.63) is 29.8 Å². The van der Waals surface area contributed by atoms with Crippen LogP contribution in [0.5, 0.6) is 5.75 Å². The lowest BCUT2D eigenvalue weighted by molar-refractivity contribution is -0.253. The number of nitrogens with two attached hydrogens (primary N) is 1. The van der Waals surface area contributed by atoms with E-state index in [0.717, 1.165) is 12.8 Å². The molecule has 7 heteroatoms. The molecule has 0 aliphatic carbocycles.